The lowest BCUT2D eigenvalue weighted by Crippen LogP contribution is -2.38. The van der Waals surface area contributed by atoms with Gasteiger partial charge in [-0.15, -0.1) is 11.3 Å². The number of aryl methyl sites for hydroxylation is 1. The van der Waals surface area contributed by atoms with Crippen LogP contribution in [0.4, 0.5) is 0 Å². The van der Waals surface area contributed by atoms with E-state index >= 15 is 0 Å². The first kappa shape index (κ1) is 16.1. The third kappa shape index (κ3) is 3.58. The summed E-state index contributed by atoms with van der Waals surface area (Å²) in [4.78, 5) is 15.8. The van der Waals surface area contributed by atoms with Gasteiger partial charge in [0.05, 0.1) is 0 Å². The topological polar surface area (TPSA) is 29.5 Å². The van der Waals surface area contributed by atoms with Crippen molar-refractivity contribution in [3.05, 3.63) is 51.2 Å². The minimum absolute atomic E-state index is 0.0677. The Labute approximate surface area is 141 Å². The summed E-state index contributed by atoms with van der Waals surface area (Å²) in [5, 5.41) is 2.11. The molecule has 1 aromatic heterocycles. The lowest BCUT2D eigenvalue weighted by Gasteiger charge is -2.27. The van der Waals surface area contributed by atoms with Crippen LogP contribution in [0.15, 0.2) is 29.6 Å². The van der Waals surface area contributed by atoms with E-state index in [1.807, 2.05) is 17.9 Å². The lowest BCUT2D eigenvalue weighted by molar-refractivity contribution is -0.134. The van der Waals surface area contributed by atoms with Gasteiger partial charge in [-0.2, -0.15) is 0 Å². The van der Waals surface area contributed by atoms with E-state index in [-0.39, 0.29) is 12.5 Å². The van der Waals surface area contributed by atoms with Crippen molar-refractivity contribution < 1.29 is 9.53 Å². The number of nitrogens with zero attached hydrogens (tertiary/aromatic N) is 1. The van der Waals surface area contributed by atoms with E-state index in [1.54, 1.807) is 11.3 Å². The van der Waals surface area contributed by atoms with E-state index in [1.165, 1.54) is 10.4 Å². The molecule has 122 valence electrons. The van der Waals surface area contributed by atoms with Crippen LogP contribution < -0.4 is 4.74 Å². The molecule has 2 aromatic rings. The Kier molecular flexibility index (Phi) is 4.71. The second kappa shape index (κ2) is 6.75. The van der Waals surface area contributed by atoms with E-state index in [9.17, 15) is 4.79 Å². The van der Waals surface area contributed by atoms with Gasteiger partial charge < -0.3 is 9.64 Å². The molecule has 1 amide bonds. The molecule has 1 aromatic carbocycles. The number of carbonyl (C=O) groups excluding carboxylic acids is 1. The van der Waals surface area contributed by atoms with Gasteiger partial charge in [0.25, 0.3) is 5.91 Å². The zero-order valence-corrected chi connectivity index (χ0v) is 14.8. The molecule has 0 saturated heterocycles. The molecule has 1 aliphatic rings. The van der Waals surface area contributed by atoms with Gasteiger partial charge in [0, 0.05) is 18.0 Å². The van der Waals surface area contributed by atoms with Crippen LogP contribution in [0.2, 0.25) is 0 Å². The summed E-state index contributed by atoms with van der Waals surface area (Å²) < 4.78 is 5.88. The summed E-state index contributed by atoms with van der Waals surface area (Å²) in [7, 11) is 0. The minimum atomic E-state index is 0.0677. The molecule has 0 atom stereocenters. The number of hydrogen-bond acceptors (Lipinski definition) is 3. The molecule has 0 N–H and O–H groups in total. The monoisotopic (exact) mass is 329 g/mol. The third-order valence-electron chi connectivity index (χ3n) is 4.30. The molecule has 4 heteroatoms. The molecule has 0 fully saturated rings. The molecular weight excluding hydrogens is 306 g/mol. The predicted octanol–water partition coefficient (Wildman–Crippen LogP) is 4.14. The van der Waals surface area contributed by atoms with Gasteiger partial charge in [-0.3, -0.25) is 4.79 Å². The third-order valence-corrected chi connectivity index (χ3v) is 5.33. The Bertz CT molecular complexity index is 705. The lowest BCUT2D eigenvalue weighted by atomic mass is 10.0. The van der Waals surface area contributed by atoms with E-state index in [0.29, 0.717) is 12.5 Å². The van der Waals surface area contributed by atoms with E-state index in [4.69, 9.17) is 4.74 Å². The fourth-order valence-corrected chi connectivity index (χ4v) is 3.83. The van der Waals surface area contributed by atoms with E-state index in [2.05, 4.69) is 37.4 Å². The molecule has 3 rings (SSSR count). The molecule has 0 radical (unpaired) electrons. The summed E-state index contributed by atoms with van der Waals surface area (Å²) in [5.41, 5.74) is 3.59. The molecule has 0 aliphatic carbocycles. The Morgan fingerprint density at radius 3 is 2.96 bits per heavy atom. The van der Waals surface area contributed by atoms with E-state index in [0.717, 1.165) is 29.8 Å². The van der Waals surface area contributed by atoms with Crippen molar-refractivity contribution in [1.29, 1.82) is 0 Å². The normalized spacial score (nSPS) is 14.0. The number of rotatable bonds is 4. The summed E-state index contributed by atoms with van der Waals surface area (Å²) in [6.07, 6.45) is 0.959. The molecular formula is C19H23NO2S. The van der Waals surface area contributed by atoms with E-state index < -0.39 is 0 Å². The Morgan fingerprint density at radius 2 is 2.17 bits per heavy atom. The first-order chi connectivity index (χ1) is 11.0. The quantitative estimate of drug-likeness (QED) is 0.843. The molecule has 2 heterocycles. The Hall–Kier alpha value is -1.81. The van der Waals surface area contributed by atoms with Gasteiger partial charge in [0.1, 0.15) is 5.75 Å². The Morgan fingerprint density at radius 1 is 1.35 bits per heavy atom. The maximum absolute atomic E-state index is 12.5. The van der Waals surface area contributed by atoms with Crippen LogP contribution >= 0.6 is 11.3 Å². The van der Waals surface area contributed by atoms with Crippen molar-refractivity contribution in [2.24, 2.45) is 0 Å². The SMILES string of the molecule is Cc1ccc(C(C)C)c(OCC(=O)N2CCc3sccc3C2)c1. The van der Waals surface area contributed by atoms with Crippen LogP contribution in [0.5, 0.6) is 5.75 Å². The molecule has 0 unspecified atom stereocenters. The van der Waals surface area contributed by atoms with Crippen LogP contribution in [-0.2, 0) is 17.8 Å². The number of carbonyl (C=O) groups is 1. The first-order valence-corrected chi connectivity index (χ1v) is 8.99. The maximum Gasteiger partial charge on any atom is 0.260 e. The second-order valence-corrected chi connectivity index (χ2v) is 7.42. The maximum atomic E-state index is 12.5. The van der Waals surface area contributed by atoms with Gasteiger partial charge in [-0.1, -0.05) is 26.0 Å². The van der Waals surface area contributed by atoms with Crippen LogP contribution in [-0.4, -0.2) is 24.0 Å². The zero-order chi connectivity index (χ0) is 16.4. The van der Waals surface area contributed by atoms with Crippen molar-refractivity contribution in [1.82, 2.24) is 4.90 Å². The van der Waals surface area contributed by atoms with Crippen LogP contribution in [0.1, 0.15) is 41.3 Å². The van der Waals surface area contributed by atoms with Crippen molar-refractivity contribution >= 4 is 17.2 Å². The van der Waals surface area contributed by atoms with Crippen molar-refractivity contribution in [3.8, 4) is 5.75 Å². The van der Waals surface area contributed by atoms with Gasteiger partial charge in [0.2, 0.25) is 0 Å². The number of benzene rings is 1. The van der Waals surface area contributed by atoms with Crippen molar-refractivity contribution in [2.75, 3.05) is 13.2 Å². The highest BCUT2D eigenvalue weighted by Gasteiger charge is 2.22. The smallest absolute Gasteiger partial charge is 0.260 e. The second-order valence-electron chi connectivity index (χ2n) is 6.42. The van der Waals surface area contributed by atoms with Gasteiger partial charge >= 0.3 is 0 Å². The fourth-order valence-electron chi connectivity index (χ4n) is 2.94. The number of amides is 1. The first-order valence-electron chi connectivity index (χ1n) is 8.11. The molecule has 1 aliphatic heterocycles. The molecule has 0 saturated carbocycles. The van der Waals surface area contributed by atoms with Crippen molar-refractivity contribution in [3.63, 3.8) is 0 Å². The van der Waals surface area contributed by atoms with Crippen molar-refractivity contribution in [2.45, 2.75) is 39.7 Å². The number of hydrogen-bond donors (Lipinski definition) is 0. The highest BCUT2D eigenvalue weighted by Crippen LogP contribution is 2.28. The summed E-state index contributed by atoms with van der Waals surface area (Å²) in [6, 6.07) is 8.33. The standard InChI is InChI=1S/C19H23NO2S/c1-13(2)16-5-4-14(3)10-17(16)22-12-19(21)20-8-6-18-15(11-20)7-9-23-18/h4-5,7,9-10,13H,6,8,11-12H2,1-3H3. The zero-order valence-electron chi connectivity index (χ0n) is 14.0. The summed E-state index contributed by atoms with van der Waals surface area (Å²) in [5.74, 6) is 1.28. The summed E-state index contributed by atoms with van der Waals surface area (Å²) >= 11 is 1.79. The average Bonchev–Trinajstić information content (AvgIpc) is 2.99. The van der Waals surface area contributed by atoms with Gasteiger partial charge in [-0.25, -0.2) is 0 Å². The average molecular weight is 329 g/mol. The molecule has 0 spiro atoms. The number of ether oxygens (including phenoxy) is 1. The highest BCUT2D eigenvalue weighted by molar-refractivity contribution is 7.10. The Balaban J connectivity index is 1.65. The van der Waals surface area contributed by atoms with Gasteiger partial charge in [0.15, 0.2) is 6.61 Å². The van der Waals surface area contributed by atoms with Gasteiger partial charge in [-0.05, 0) is 53.5 Å². The molecule has 23 heavy (non-hydrogen) atoms. The minimum Gasteiger partial charge on any atom is -0.483 e. The largest absolute Gasteiger partial charge is 0.483 e. The van der Waals surface area contributed by atoms with Crippen LogP contribution in [0.25, 0.3) is 0 Å². The number of thiophene rings is 1. The highest BCUT2D eigenvalue weighted by atomic mass is 32.1. The molecule has 0 bridgehead atoms. The number of fused-ring (bicyclic) bond motifs is 1. The predicted molar refractivity (Wildman–Crippen MR) is 94.2 cm³/mol. The fraction of sp³-hybridized carbons (Fsp3) is 0.421. The molecule has 3 nitrogen and oxygen atoms in total. The summed E-state index contributed by atoms with van der Waals surface area (Å²) in [6.45, 7) is 7.95. The van der Waals surface area contributed by atoms with Crippen LogP contribution in [0, 0.1) is 6.92 Å². The van der Waals surface area contributed by atoms with Crippen LogP contribution in [0.3, 0.4) is 0 Å².